The fourth-order valence-corrected chi connectivity index (χ4v) is 11.0. The minimum Gasteiger partial charge on any atom is -0.488 e. The molecule has 3 saturated heterocycles. The fraction of sp³-hybridized carbons (Fsp3) is 0.520. The molecule has 2 aromatic heterocycles. The minimum atomic E-state index is -0.755. The van der Waals surface area contributed by atoms with Gasteiger partial charge in [-0.15, -0.1) is 0 Å². The molecule has 16 heteroatoms. The second-order valence-corrected chi connectivity index (χ2v) is 19.0. The Balaban J connectivity index is 0.964. The highest BCUT2D eigenvalue weighted by molar-refractivity contribution is 6.07. The Hall–Kier alpha value is -6.16. The van der Waals surface area contributed by atoms with Crippen LogP contribution in [0.2, 0.25) is 0 Å². The third kappa shape index (κ3) is 8.32. The number of fused-ring (bicyclic) bond motifs is 6. The fourth-order valence-electron chi connectivity index (χ4n) is 11.0. The molecule has 0 bridgehead atoms. The Labute approximate surface area is 384 Å². The number of likely N-dealkylation sites (tertiary alicyclic amines) is 2. The van der Waals surface area contributed by atoms with Gasteiger partial charge in [0.2, 0.25) is 11.8 Å². The molecule has 9 rings (SSSR count). The van der Waals surface area contributed by atoms with Gasteiger partial charge in [-0.05, 0) is 124 Å². The van der Waals surface area contributed by atoms with E-state index in [1.54, 1.807) is 0 Å². The Morgan fingerprint density at radius 1 is 0.818 bits per heavy atom. The molecule has 350 valence electrons. The molecule has 4 aliphatic rings. The van der Waals surface area contributed by atoms with Crippen molar-refractivity contribution in [2.45, 2.75) is 142 Å². The zero-order valence-electron chi connectivity index (χ0n) is 39.1. The van der Waals surface area contributed by atoms with Gasteiger partial charge in [-0.2, -0.15) is 0 Å². The third-order valence-electron chi connectivity index (χ3n) is 14.6. The molecule has 2 unspecified atom stereocenters. The van der Waals surface area contributed by atoms with Gasteiger partial charge in [0.15, 0.2) is 0 Å². The van der Waals surface area contributed by atoms with Crippen LogP contribution < -0.4 is 15.4 Å². The number of amides is 4. The smallest absolute Gasteiger partial charge is 0.407 e. The molecule has 3 fully saturated rings. The second-order valence-electron chi connectivity index (χ2n) is 19.0. The van der Waals surface area contributed by atoms with Crippen LogP contribution in [-0.2, 0) is 30.4 Å². The zero-order valence-corrected chi connectivity index (χ0v) is 39.1. The molecule has 0 aliphatic carbocycles. The van der Waals surface area contributed by atoms with Crippen LogP contribution in [0, 0.1) is 11.8 Å². The van der Waals surface area contributed by atoms with Crippen molar-refractivity contribution >= 4 is 45.8 Å². The van der Waals surface area contributed by atoms with E-state index in [1.807, 2.05) is 56.7 Å². The van der Waals surface area contributed by atoms with Crippen molar-refractivity contribution in [1.82, 2.24) is 40.4 Å². The first kappa shape index (κ1) is 45.0. The molecule has 0 saturated carbocycles. The van der Waals surface area contributed by atoms with Crippen molar-refractivity contribution in [2.75, 3.05) is 14.2 Å². The molecule has 66 heavy (non-hydrogen) atoms. The first-order chi connectivity index (χ1) is 31.8. The van der Waals surface area contributed by atoms with E-state index in [2.05, 4.69) is 63.9 Å². The van der Waals surface area contributed by atoms with E-state index in [0.29, 0.717) is 31.1 Å². The molecule has 10 atom stereocenters. The number of hydrogen-bond donors (Lipinski definition) is 4. The van der Waals surface area contributed by atoms with Gasteiger partial charge in [0.1, 0.15) is 36.1 Å². The predicted molar refractivity (Wildman–Crippen MR) is 248 cm³/mol. The Kier molecular flexibility index (Phi) is 12.5. The standard InChI is InChI=1S/C50H62N8O8/c1-9-25(2)42(55-49(61)63-7)47(59)57-26(3)10-16-39(57)45-51-23-38(53-45)31-12-14-34-33(20-31)24-65-41-22-35-30(21-36(34)41)13-15-37-44(35)54-46(52-37)40-17-11-27(4)58(40)48(60)43(56-50(62)64-8)32-18-28(5)66-29(6)19-32/h12-15,20-23,25-29,32,39-40,42-43H,9-11,16-19,24H2,1-8H3,(H,51,53)(H,52,54)(H,55,61)(H,56,62)/t25-,26-,27-,28+,29?,32?,39-,40-,42-,43-/m0/s1. The summed E-state index contributed by atoms with van der Waals surface area (Å²) in [5, 5.41) is 7.67. The number of ether oxygens (including phenoxy) is 4. The monoisotopic (exact) mass is 902 g/mol. The summed E-state index contributed by atoms with van der Waals surface area (Å²) in [5.74, 6) is 1.75. The maximum absolute atomic E-state index is 14.6. The summed E-state index contributed by atoms with van der Waals surface area (Å²) in [7, 11) is 2.62. The Morgan fingerprint density at radius 3 is 2.20 bits per heavy atom. The van der Waals surface area contributed by atoms with Crippen LogP contribution in [0.5, 0.6) is 5.75 Å². The summed E-state index contributed by atoms with van der Waals surface area (Å²) in [5.41, 5.74) is 6.59. The van der Waals surface area contributed by atoms with Gasteiger partial charge in [0.05, 0.1) is 61.4 Å². The average Bonchev–Trinajstić information content (AvgIpc) is 4.14. The van der Waals surface area contributed by atoms with E-state index in [1.165, 1.54) is 14.2 Å². The molecule has 4 N–H and O–H groups in total. The van der Waals surface area contributed by atoms with Gasteiger partial charge in [-0.3, -0.25) is 9.59 Å². The predicted octanol–water partition coefficient (Wildman–Crippen LogP) is 8.47. The van der Waals surface area contributed by atoms with Crippen molar-refractivity contribution in [3.05, 3.63) is 65.9 Å². The van der Waals surface area contributed by atoms with Gasteiger partial charge >= 0.3 is 12.2 Å². The van der Waals surface area contributed by atoms with E-state index < -0.39 is 24.3 Å². The van der Waals surface area contributed by atoms with E-state index in [0.717, 1.165) is 87.6 Å². The lowest BCUT2D eigenvalue weighted by molar-refractivity contribution is -0.140. The summed E-state index contributed by atoms with van der Waals surface area (Å²) in [4.78, 5) is 74.3. The largest absolute Gasteiger partial charge is 0.488 e. The normalized spacial score (nSPS) is 25.1. The molecule has 0 spiro atoms. The summed E-state index contributed by atoms with van der Waals surface area (Å²) in [6, 6.07) is 12.6. The summed E-state index contributed by atoms with van der Waals surface area (Å²) in [6.07, 6.45) is 5.65. The van der Waals surface area contributed by atoms with Crippen LogP contribution in [0.25, 0.3) is 44.2 Å². The lowest BCUT2D eigenvalue weighted by atomic mass is 9.85. The number of imidazole rings is 2. The van der Waals surface area contributed by atoms with Gasteiger partial charge in [0.25, 0.3) is 0 Å². The third-order valence-corrected chi connectivity index (χ3v) is 14.6. The zero-order chi connectivity index (χ0) is 46.6. The van der Waals surface area contributed by atoms with Gasteiger partial charge in [-0.1, -0.05) is 38.5 Å². The van der Waals surface area contributed by atoms with E-state index in [4.69, 9.17) is 28.9 Å². The van der Waals surface area contributed by atoms with Crippen molar-refractivity contribution in [1.29, 1.82) is 0 Å². The van der Waals surface area contributed by atoms with Crippen LogP contribution in [0.1, 0.15) is 116 Å². The molecule has 3 aromatic carbocycles. The number of rotatable bonds is 10. The van der Waals surface area contributed by atoms with Gasteiger partial charge in [-0.25, -0.2) is 19.6 Å². The first-order valence-electron chi connectivity index (χ1n) is 23.5. The number of carbonyl (C=O) groups excluding carboxylic acids is 4. The number of nitrogens with one attached hydrogen (secondary N) is 4. The molecular formula is C50H62N8O8. The maximum Gasteiger partial charge on any atom is 0.407 e. The van der Waals surface area contributed by atoms with E-state index in [-0.39, 0.29) is 60.0 Å². The minimum absolute atomic E-state index is 0.0190. The topological polar surface area (TPSA) is 193 Å². The molecule has 4 amide bonds. The summed E-state index contributed by atoms with van der Waals surface area (Å²) >= 11 is 0. The SMILES string of the molecule is CC[C@H](C)[C@H](NC(=O)OC)C(=O)N1[C@@H](C)CC[C@H]1c1ncc(-c2ccc3c(c2)COc2cc4c(ccc5nc([C@@H]6CC[C@H](C)N6C(=O)[C@@H](NC(=O)OC)C6CC(C)O[C@H](C)C6)[nH]c54)cc2-3)[nH]1. The number of benzene rings is 3. The van der Waals surface area contributed by atoms with E-state index in [9.17, 15) is 19.2 Å². The lowest BCUT2D eigenvalue weighted by Crippen LogP contribution is -2.55. The highest BCUT2D eigenvalue weighted by atomic mass is 16.5. The number of alkyl carbamates (subject to hydrolysis) is 2. The molecule has 6 heterocycles. The number of hydrogen-bond acceptors (Lipinski definition) is 10. The van der Waals surface area contributed by atoms with Crippen molar-refractivity contribution in [3.63, 3.8) is 0 Å². The maximum atomic E-state index is 14.6. The Morgan fingerprint density at radius 2 is 1.50 bits per heavy atom. The molecule has 0 radical (unpaired) electrons. The summed E-state index contributed by atoms with van der Waals surface area (Å²) in [6.45, 7) is 12.5. The number of aromatic nitrogens is 4. The first-order valence-corrected chi connectivity index (χ1v) is 23.5. The van der Waals surface area contributed by atoms with Crippen LogP contribution in [0.4, 0.5) is 9.59 Å². The number of carbonyl (C=O) groups is 4. The number of methoxy groups -OCH3 is 2. The van der Waals surface area contributed by atoms with Crippen LogP contribution >= 0.6 is 0 Å². The summed E-state index contributed by atoms with van der Waals surface area (Å²) < 4.78 is 22.3. The van der Waals surface area contributed by atoms with Crippen LogP contribution in [0.15, 0.2) is 48.7 Å². The second kappa shape index (κ2) is 18.3. The molecule has 4 aliphatic heterocycles. The Bertz CT molecular complexity index is 2650. The van der Waals surface area contributed by atoms with Crippen molar-refractivity contribution < 1.29 is 38.1 Å². The van der Waals surface area contributed by atoms with Gasteiger partial charge < -0.3 is 49.3 Å². The van der Waals surface area contributed by atoms with Gasteiger partial charge in [0, 0.05) is 23.0 Å². The lowest BCUT2D eigenvalue weighted by Gasteiger charge is -2.39. The number of nitrogens with zero attached hydrogens (tertiary/aromatic N) is 4. The van der Waals surface area contributed by atoms with Crippen molar-refractivity contribution in [2.24, 2.45) is 11.8 Å². The van der Waals surface area contributed by atoms with Crippen LogP contribution in [-0.4, -0.2) is 104 Å². The molecule has 16 nitrogen and oxygen atoms in total. The average molecular weight is 903 g/mol. The van der Waals surface area contributed by atoms with Crippen LogP contribution in [0.3, 0.4) is 0 Å². The van der Waals surface area contributed by atoms with Crippen molar-refractivity contribution in [3.8, 4) is 28.1 Å². The number of H-pyrrole nitrogens is 2. The number of aromatic amines is 2. The quantitative estimate of drug-likeness (QED) is 0.106. The molecule has 5 aromatic rings. The highest BCUT2D eigenvalue weighted by Crippen LogP contribution is 2.44. The highest BCUT2D eigenvalue weighted by Gasteiger charge is 2.45. The molecular weight excluding hydrogens is 841 g/mol. The van der Waals surface area contributed by atoms with E-state index >= 15 is 0 Å².